The molecule has 2 N–H and O–H groups in total. The lowest BCUT2D eigenvalue weighted by Crippen LogP contribution is -2.41. The topological polar surface area (TPSA) is 56.7 Å². The van der Waals surface area contributed by atoms with Gasteiger partial charge in [0.1, 0.15) is 0 Å². The van der Waals surface area contributed by atoms with Crippen molar-refractivity contribution in [2.75, 3.05) is 45.5 Å². The van der Waals surface area contributed by atoms with Gasteiger partial charge in [-0.2, -0.15) is 0 Å². The Morgan fingerprint density at radius 3 is 2.39 bits per heavy atom. The number of piperidine rings is 1. The van der Waals surface area contributed by atoms with Crippen LogP contribution in [-0.2, 0) is 10.8 Å². The minimum absolute atomic E-state index is 0.148. The largest absolute Gasteiger partial charge is 0.356 e. The standard InChI is InChI=1S/C17H36N4OS/c1-15-7-12-21(13-8-15)11-6-9-19-16(18-5)20-10-14-23(22)17(2,3)4/h15H,6-14H2,1-5H3,(H2,18,19,20). The van der Waals surface area contributed by atoms with Crippen LogP contribution in [0.2, 0.25) is 0 Å². The van der Waals surface area contributed by atoms with Crippen LogP contribution in [0.25, 0.3) is 0 Å². The van der Waals surface area contributed by atoms with E-state index in [2.05, 4.69) is 27.4 Å². The van der Waals surface area contributed by atoms with Crippen molar-refractivity contribution in [2.24, 2.45) is 10.9 Å². The number of nitrogens with zero attached hydrogens (tertiary/aromatic N) is 2. The van der Waals surface area contributed by atoms with Crippen molar-refractivity contribution in [3.05, 3.63) is 0 Å². The van der Waals surface area contributed by atoms with Crippen LogP contribution < -0.4 is 10.6 Å². The molecule has 6 heteroatoms. The predicted octanol–water partition coefficient (Wildman–Crippen LogP) is 1.82. The molecule has 1 unspecified atom stereocenters. The lowest BCUT2D eigenvalue weighted by molar-refractivity contribution is 0.191. The highest BCUT2D eigenvalue weighted by Crippen LogP contribution is 2.15. The lowest BCUT2D eigenvalue weighted by atomic mass is 9.99. The normalized spacial score (nSPS) is 19.6. The van der Waals surface area contributed by atoms with E-state index in [4.69, 9.17) is 0 Å². The van der Waals surface area contributed by atoms with Gasteiger partial charge in [-0.05, 0) is 65.6 Å². The lowest BCUT2D eigenvalue weighted by Gasteiger charge is -2.30. The molecule has 1 aliphatic rings. The summed E-state index contributed by atoms with van der Waals surface area (Å²) in [6.07, 6.45) is 3.80. The first-order valence-electron chi connectivity index (χ1n) is 8.88. The van der Waals surface area contributed by atoms with Gasteiger partial charge in [0.05, 0.1) is 0 Å². The summed E-state index contributed by atoms with van der Waals surface area (Å²) >= 11 is 0. The average molecular weight is 345 g/mol. The van der Waals surface area contributed by atoms with Gasteiger partial charge in [-0.3, -0.25) is 9.20 Å². The number of nitrogens with one attached hydrogen (secondary N) is 2. The molecule has 1 heterocycles. The Bertz CT molecular complexity index is 385. The Labute approximate surface area is 145 Å². The Kier molecular flexibility index (Phi) is 9.14. The van der Waals surface area contributed by atoms with Gasteiger partial charge >= 0.3 is 0 Å². The van der Waals surface area contributed by atoms with Crippen LogP contribution in [0.5, 0.6) is 0 Å². The van der Waals surface area contributed by atoms with Crippen molar-refractivity contribution < 1.29 is 4.21 Å². The third-order valence-corrected chi connectivity index (χ3v) is 6.25. The molecule has 5 nitrogen and oxygen atoms in total. The molecule has 1 saturated heterocycles. The van der Waals surface area contributed by atoms with E-state index < -0.39 is 10.8 Å². The highest BCUT2D eigenvalue weighted by atomic mass is 32.2. The van der Waals surface area contributed by atoms with Crippen molar-refractivity contribution in [3.63, 3.8) is 0 Å². The first-order valence-corrected chi connectivity index (χ1v) is 10.2. The highest BCUT2D eigenvalue weighted by Gasteiger charge is 2.18. The van der Waals surface area contributed by atoms with E-state index in [0.29, 0.717) is 12.3 Å². The third kappa shape index (κ3) is 8.70. The Balaban J connectivity index is 2.11. The molecule has 1 rings (SSSR count). The summed E-state index contributed by atoms with van der Waals surface area (Å²) in [5.41, 5.74) is 0. The van der Waals surface area contributed by atoms with Crippen molar-refractivity contribution in [3.8, 4) is 0 Å². The third-order valence-electron chi connectivity index (χ3n) is 4.31. The molecular weight excluding hydrogens is 308 g/mol. The van der Waals surface area contributed by atoms with E-state index in [0.717, 1.165) is 31.4 Å². The molecule has 0 spiro atoms. The molecule has 0 aromatic carbocycles. The Morgan fingerprint density at radius 1 is 1.22 bits per heavy atom. The highest BCUT2D eigenvalue weighted by molar-refractivity contribution is 7.86. The zero-order chi connectivity index (χ0) is 17.3. The van der Waals surface area contributed by atoms with Gasteiger partial charge in [0.2, 0.25) is 0 Å². The molecule has 1 atom stereocenters. The summed E-state index contributed by atoms with van der Waals surface area (Å²) in [6.45, 7) is 13.6. The quantitative estimate of drug-likeness (QED) is 0.420. The molecule has 1 fully saturated rings. The molecule has 1 aliphatic heterocycles. The minimum atomic E-state index is -0.821. The van der Waals surface area contributed by atoms with Gasteiger partial charge in [-0.1, -0.05) is 6.92 Å². The van der Waals surface area contributed by atoms with Gasteiger partial charge in [-0.15, -0.1) is 0 Å². The molecular formula is C17H36N4OS. The number of likely N-dealkylation sites (tertiary alicyclic amines) is 1. The maximum Gasteiger partial charge on any atom is 0.191 e. The number of hydrogen-bond donors (Lipinski definition) is 2. The fraction of sp³-hybridized carbons (Fsp3) is 0.941. The van der Waals surface area contributed by atoms with Crippen LogP contribution in [0.1, 0.15) is 47.0 Å². The van der Waals surface area contributed by atoms with Crippen LogP contribution in [0, 0.1) is 5.92 Å². The summed E-state index contributed by atoms with van der Waals surface area (Å²) in [5.74, 6) is 2.35. The van der Waals surface area contributed by atoms with Gasteiger partial charge < -0.3 is 15.5 Å². The second kappa shape index (κ2) is 10.3. The summed E-state index contributed by atoms with van der Waals surface area (Å²) in [6, 6.07) is 0. The second-order valence-corrected chi connectivity index (χ2v) is 9.79. The predicted molar refractivity (Wildman–Crippen MR) is 102 cm³/mol. The van der Waals surface area contributed by atoms with E-state index in [1.54, 1.807) is 7.05 Å². The fourth-order valence-corrected chi connectivity index (χ4v) is 3.48. The maximum atomic E-state index is 12.0. The summed E-state index contributed by atoms with van der Waals surface area (Å²) < 4.78 is 11.8. The molecule has 0 bridgehead atoms. The van der Waals surface area contributed by atoms with Crippen LogP contribution in [0.3, 0.4) is 0 Å². The maximum absolute atomic E-state index is 12.0. The molecule has 0 amide bonds. The first-order chi connectivity index (χ1) is 10.8. The molecule has 0 aromatic heterocycles. The van der Waals surface area contributed by atoms with Gasteiger partial charge in [0.25, 0.3) is 0 Å². The molecule has 23 heavy (non-hydrogen) atoms. The molecule has 0 radical (unpaired) electrons. The fourth-order valence-electron chi connectivity index (χ4n) is 2.58. The molecule has 0 aliphatic carbocycles. The number of hydrogen-bond acceptors (Lipinski definition) is 3. The number of rotatable bonds is 7. The second-order valence-electron chi connectivity index (χ2n) is 7.47. The van der Waals surface area contributed by atoms with E-state index in [1.165, 1.54) is 25.9 Å². The minimum Gasteiger partial charge on any atom is -0.356 e. The van der Waals surface area contributed by atoms with Crippen molar-refractivity contribution in [1.82, 2.24) is 15.5 Å². The van der Waals surface area contributed by atoms with Crippen molar-refractivity contribution in [2.45, 2.75) is 51.7 Å². The van der Waals surface area contributed by atoms with E-state index in [-0.39, 0.29) is 4.75 Å². The molecule has 0 aromatic rings. The number of aliphatic imine (C=N–C) groups is 1. The first kappa shape index (κ1) is 20.4. The zero-order valence-corrected chi connectivity index (χ0v) is 16.5. The van der Waals surface area contributed by atoms with Crippen LogP contribution in [-0.4, -0.2) is 65.3 Å². The van der Waals surface area contributed by atoms with Gasteiger partial charge in [-0.25, -0.2) is 0 Å². The molecule has 0 saturated carbocycles. The summed E-state index contributed by atoms with van der Waals surface area (Å²) in [4.78, 5) is 6.78. The molecule has 136 valence electrons. The zero-order valence-electron chi connectivity index (χ0n) is 15.7. The van der Waals surface area contributed by atoms with Gasteiger partial charge in [0, 0.05) is 41.4 Å². The average Bonchev–Trinajstić information content (AvgIpc) is 2.50. The Morgan fingerprint density at radius 2 is 1.83 bits per heavy atom. The summed E-state index contributed by atoms with van der Waals surface area (Å²) in [7, 11) is 0.958. The monoisotopic (exact) mass is 344 g/mol. The summed E-state index contributed by atoms with van der Waals surface area (Å²) in [5, 5.41) is 6.59. The van der Waals surface area contributed by atoms with Crippen LogP contribution in [0.4, 0.5) is 0 Å². The van der Waals surface area contributed by atoms with Crippen molar-refractivity contribution in [1.29, 1.82) is 0 Å². The van der Waals surface area contributed by atoms with E-state index in [1.807, 2.05) is 20.8 Å². The van der Waals surface area contributed by atoms with E-state index >= 15 is 0 Å². The van der Waals surface area contributed by atoms with Gasteiger partial charge in [0.15, 0.2) is 5.96 Å². The smallest absolute Gasteiger partial charge is 0.191 e. The van der Waals surface area contributed by atoms with E-state index in [9.17, 15) is 4.21 Å². The van der Waals surface area contributed by atoms with Crippen LogP contribution >= 0.6 is 0 Å². The SMILES string of the molecule is CN=C(NCCCN1CCC(C)CC1)NCCS(=O)C(C)(C)C. The van der Waals surface area contributed by atoms with Crippen LogP contribution in [0.15, 0.2) is 4.99 Å². The van der Waals surface area contributed by atoms with Crippen molar-refractivity contribution >= 4 is 16.8 Å². The Hall–Kier alpha value is -0.620. The number of guanidine groups is 1.